The number of methoxy groups -OCH3 is 1. The fraction of sp³-hybridized carbons (Fsp3) is 0.391. The Morgan fingerprint density at radius 1 is 1.16 bits per heavy atom. The number of likely N-dealkylation sites (tertiary alicyclic amines) is 1. The number of nitriles is 1. The molecule has 2 aromatic rings. The first-order valence-electron chi connectivity index (χ1n) is 10.4. The quantitative estimate of drug-likeness (QED) is 0.397. The van der Waals surface area contributed by atoms with Crippen LogP contribution in [-0.4, -0.2) is 54.0 Å². The topological polar surface area (TPSA) is 65.8 Å². The number of rotatable bonds is 6. The zero-order chi connectivity index (χ0) is 22.7. The van der Waals surface area contributed by atoms with Crippen LogP contribution in [0, 0.1) is 11.3 Å². The van der Waals surface area contributed by atoms with E-state index in [1.165, 1.54) is 31.9 Å². The first-order chi connectivity index (χ1) is 15.5. The molecule has 2 unspecified atom stereocenters. The zero-order valence-electron chi connectivity index (χ0n) is 17.6. The molecule has 168 valence electrons. The fourth-order valence-corrected chi connectivity index (χ4v) is 5.86. The van der Waals surface area contributed by atoms with Crippen molar-refractivity contribution in [2.45, 2.75) is 36.2 Å². The average Bonchev–Trinajstić information content (AvgIpc) is 3.44. The van der Waals surface area contributed by atoms with Crippen LogP contribution in [-0.2, 0) is 9.53 Å². The molecule has 4 rings (SSSR count). The SMILES string of the molecule is COC(=O)C1CC(N2CCCC2)CN1Sc1cc(C#N)ccc1Oc1cc(Cl)cc(Cl)c1. The summed E-state index contributed by atoms with van der Waals surface area (Å²) < 4.78 is 13.2. The Kier molecular flexibility index (Phi) is 7.49. The van der Waals surface area contributed by atoms with Crippen LogP contribution in [0.1, 0.15) is 24.8 Å². The maximum Gasteiger partial charge on any atom is 0.324 e. The summed E-state index contributed by atoms with van der Waals surface area (Å²) in [6, 6.07) is 12.3. The van der Waals surface area contributed by atoms with Gasteiger partial charge in [0.25, 0.3) is 0 Å². The maximum atomic E-state index is 12.5. The summed E-state index contributed by atoms with van der Waals surface area (Å²) in [5, 5.41) is 10.3. The molecule has 2 heterocycles. The van der Waals surface area contributed by atoms with E-state index in [0.29, 0.717) is 33.1 Å². The average molecular weight is 492 g/mol. The molecule has 0 aromatic heterocycles. The highest BCUT2D eigenvalue weighted by atomic mass is 35.5. The van der Waals surface area contributed by atoms with Gasteiger partial charge in [0, 0.05) is 22.6 Å². The predicted molar refractivity (Wildman–Crippen MR) is 125 cm³/mol. The molecule has 2 aliphatic heterocycles. The van der Waals surface area contributed by atoms with Crippen molar-refractivity contribution < 1.29 is 14.3 Å². The highest BCUT2D eigenvalue weighted by molar-refractivity contribution is 7.97. The van der Waals surface area contributed by atoms with Gasteiger partial charge in [-0.3, -0.25) is 9.69 Å². The van der Waals surface area contributed by atoms with E-state index >= 15 is 0 Å². The molecule has 9 heteroatoms. The zero-order valence-corrected chi connectivity index (χ0v) is 19.9. The van der Waals surface area contributed by atoms with Crippen molar-refractivity contribution in [3.05, 3.63) is 52.0 Å². The molecule has 0 N–H and O–H groups in total. The number of nitrogens with zero attached hydrogens (tertiary/aromatic N) is 3. The van der Waals surface area contributed by atoms with E-state index in [9.17, 15) is 10.1 Å². The summed E-state index contributed by atoms with van der Waals surface area (Å²) in [5.74, 6) is 0.801. The maximum absolute atomic E-state index is 12.5. The molecule has 0 aliphatic carbocycles. The summed E-state index contributed by atoms with van der Waals surface area (Å²) in [6.07, 6.45) is 3.10. The second-order valence-corrected chi connectivity index (χ2v) is 9.81. The minimum Gasteiger partial charge on any atom is -0.468 e. The van der Waals surface area contributed by atoms with E-state index in [0.717, 1.165) is 31.0 Å². The monoisotopic (exact) mass is 491 g/mol. The van der Waals surface area contributed by atoms with Gasteiger partial charge in [0.05, 0.1) is 23.6 Å². The van der Waals surface area contributed by atoms with Crippen LogP contribution in [0.5, 0.6) is 11.5 Å². The van der Waals surface area contributed by atoms with Crippen molar-refractivity contribution in [3.63, 3.8) is 0 Å². The molecule has 0 radical (unpaired) electrons. The minimum absolute atomic E-state index is 0.250. The summed E-state index contributed by atoms with van der Waals surface area (Å²) in [4.78, 5) is 15.7. The van der Waals surface area contributed by atoms with Crippen LogP contribution in [0.15, 0.2) is 41.3 Å². The Balaban J connectivity index is 1.61. The first-order valence-corrected chi connectivity index (χ1v) is 11.9. The van der Waals surface area contributed by atoms with E-state index in [4.69, 9.17) is 32.7 Å². The van der Waals surface area contributed by atoms with Gasteiger partial charge in [0.15, 0.2) is 0 Å². The molecular formula is C23H23Cl2N3O3S. The third-order valence-electron chi connectivity index (χ3n) is 5.72. The van der Waals surface area contributed by atoms with Gasteiger partial charge in [0.1, 0.15) is 17.5 Å². The Labute approximate surface area is 202 Å². The van der Waals surface area contributed by atoms with Crippen LogP contribution >= 0.6 is 35.1 Å². The molecule has 2 aromatic carbocycles. The van der Waals surface area contributed by atoms with Gasteiger partial charge in [0.2, 0.25) is 0 Å². The minimum atomic E-state index is -0.366. The van der Waals surface area contributed by atoms with Crippen LogP contribution in [0.2, 0.25) is 10.0 Å². The third kappa shape index (κ3) is 5.33. The highest BCUT2D eigenvalue weighted by Crippen LogP contribution is 2.41. The van der Waals surface area contributed by atoms with Crippen molar-refractivity contribution >= 4 is 41.1 Å². The number of carbonyl (C=O) groups excluding carboxylic acids is 1. The summed E-state index contributed by atoms with van der Waals surface area (Å²) in [5.41, 5.74) is 0.508. The van der Waals surface area contributed by atoms with E-state index < -0.39 is 0 Å². The Hall–Kier alpha value is -1.95. The molecule has 0 amide bonds. The number of carbonyl (C=O) groups is 1. The lowest BCUT2D eigenvalue weighted by atomic mass is 10.1. The number of esters is 1. The van der Waals surface area contributed by atoms with Crippen molar-refractivity contribution in [1.29, 1.82) is 5.26 Å². The number of hydrogen-bond donors (Lipinski definition) is 0. The molecule has 32 heavy (non-hydrogen) atoms. The largest absolute Gasteiger partial charge is 0.468 e. The lowest BCUT2D eigenvalue weighted by Gasteiger charge is -2.24. The van der Waals surface area contributed by atoms with Gasteiger partial charge < -0.3 is 9.47 Å². The summed E-state index contributed by atoms with van der Waals surface area (Å²) in [6.45, 7) is 2.85. The number of hydrogen-bond acceptors (Lipinski definition) is 7. The van der Waals surface area contributed by atoms with Crippen LogP contribution in [0.3, 0.4) is 0 Å². The van der Waals surface area contributed by atoms with Gasteiger partial charge in [-0.15, -0.1) is 0 Å². The van der Waals surface area contributed by atoms with Crippen LogP contribution in [0.4, 0.5) is 0 Å². The summed E-state index contributed by atoms with van der Waals surface area (Å²) in [7, 11) is 1.42. The van der Waals surface area contributed by atoms with Crippen molar-refractivity contribution in [2.75, 3.05) is 26.7 Å². The lowest BCUT2D eigenvalue weighted by Crippen LogP contribution is -2.34. The van der Waals surface area contributed by atoms with Crippen molar-refractivity contribution in [2.24, 2.45) is 0 Å². The van der Waals surface area contributed by atoms with Gasteiger partial charge >= 0.3 is 5.97 Å². The second-order valence-electron chi connectivity index (χ2n) is 7.84. The normalized spacial score (nSPS) is 21.4. The molecule has 6 nitrogen and oxygen atoms in total. The van der Waals surface area contributed by atoms with E-state index in [1.807, 2.05) is 4.31 Å². The number of halogens is 2. The van der Waals surface area contributed by atoms with Crippen molar-refractivity contribution in [1.82, 2.24) is 9.21 Å². The lowest BCUT2D eigenvalue weighted by molar-refractivity contribution is -0.144. The molecule has 2 atom stereocenters. The van der Waals surface area contributed by atoms with Crippen molar-refractivity contribution in [3.8, 4) is 17.6 Å². The number of ether oxygens (including phenoxy) is 2. The smallest absolute Gasteiger partial charge is 0.324 e. The summed E-state index contributed by atoms with van der Waals surface area (Å²) >= 11 is 13.6. The highest BCUT2D eigenvalue weighted by Gasteiger charge is 2.41. The van der Waals surface area contributed by atoms with Gasteiger partial charge in [-0.05, 0) is 80.7 Å². The predicted octanol–water partition coefficient (Wildman–Crippen LogP) is 5.38. The van der Waals surface area contributed by atoms with E-state index in [-0.39, 0.29) is 12.0 Å². The third-order valence-corrected chi connectivity index (χ3v) is 7.31. The Bertz CT molecular complexity index is 1020. The number of benzene rings is 2. The van der Waals surface area contributed by atoms with Crippen LogP contribution in [0.25, 0.3) is 0 Å². The van der Waals surface area contributed by atoms with Gasteiger partial charge in [-0.2, -0.15) is 5.26 Å². The van der Waals surface area contributed by atoms with Gasteiger partial charge in [-0.1, -0.05) is 23.2 Å². The standard InChI is InChI=1S/C23H23Cl2N3O3S/c1-30-23(29)20-12-18(27-6-2-3-7-27)14-28(20)32-22-8-15(13-26)4-5-21(22)31-19-10-16(24)9-17(25)11-19/h4-5,8-11,18,20H,2-3,6-7,12,14H2,1H3. The van der Waals surface area contributed by atoms with Gasteiger partial charge in [-0.25, -0.2) is 4.31 Å². The molecular weight excluding hydrogens is 469 g/mol. The molecule has 0 saturated carbocycles. The molecule has 2 aliphatic rings. The molecule has 2 saturated heterocycles. The van der Waals surface area contributed by atoms with E-state index in [2.05, 4.69) is 11.0 Å². The molecule has 2 fully saturated rings. The fourth-order valence-electron chi connectivity index (χ4n) is 4.18. The first kappa shape index (κ1) is 23.2. The molecule has 0 bridgehead atoms. The Morgan fingerprint density at radius 2 is 1.88 bits per heavy atom. The van der Waals surface area contributed by atoms with E-state index in [1.54, 1.807) is 36.4 Å². The second kappa shape index (κ2) is 10.3. The van der Waals surface area contributed by atoms with Crippen LogP contribution < -0.4 is 4.74 Å². The Morgan fingerprint density at radius 3 is 2.53 bits per heavy atom. The molecule has 0 spiro atoms.